The van der Waals surface area contributed by atoms with Crippen molar-refractivity contribution in [2.24, 2.45) is 7.05 Å². The van der Waals surface area contributed by atoms with Crippen molar-refractivity contribution in [3.8, 4) is 17.0 Å². The van der Waals surface area contributed by atoms with E-state index in [4.69, 9.17) is 26.2 Å². The predicted octanol–water partition coefficient (Wildman–Crippen LogP) is 5.53. The lowest BCUT2D eigenvalue weighted by molar-refractivity contribution is -0.184. The number of fused-ring (bicyclic) bond motifs is 1. The highest BCUT2D eigenvalue weighted by Crippen LogP contribution is 2.40. The molecule has 2 aromatic heterocycles. The zero-order chi connectivity index (χ0) is 27.1. The topological polar surface area (TPSA) is 74.4 Å². The highest BCUT2D eigenvalue weighted by molar-refractivity contribution is 6.35. The molecule has 3 heterocycles. The predicted molar refractivity (Wildman–Crippen MR) is 134 cm³/mol. The number of hydrogen-bond donors (Lipinski definition) is 0. The number of aromatic nitrogens is 4. The first-order valence-electron chi connectivity index (χ1n) is 11.9. The molecule has 8 nitrogen and oxygen atoms in total. The molecule has 0 radical (unpaired) electrons. The van der Waals surface area contributed by atoms with E-state index in [9.17, 15) is 18.0 Å². The van der Waals surface area contributed by atoms with Crippen LogP contribution >= 0.6 is 11.6 Å². The highest BCUT2D eigenvalue weighted by Gasteiger charge is 2.41. The van der Waals surface area contributed by atoms with E-state index in [2.05, 4.69) is 11.7 Å². The number of rotatable bonds is 7. The average Bonchev–Trinajstić information content (AvgIpc) is 3.35. The van der Waals surface area contributed by atoms with Crippen molar-refractivity contribution in [1.29, 1.82) is 0 Å². The molecule has 200 valence electrons. The Bertz CT molecular complexity index is 1330. The summed E-state index contributed by atoms with van der Waals surface area (Å²) in [6, 6.07) is 3.71. The minimum absolute atomic E-state index is 0.218. The second kappa shape index (κ2) is 10.4. The Morgan fingerprint density at radius 2 is 2.11 bits per heavy atom. The van der Waals surface area contributed by atoms with Gasteiger partial charge in [-0.1, -0.05) is 18.2 Å². The first-order chi connectivity index (χ1) is 17.4. The van der Waals surface area contributed by atoms with Crippen molar-refractivity contribution in [3.63, 3.8) is 0 Å². The molecule has 0 aliphatic carbocycles. The van der Waals surface area contributed by atoms with Gasteiger partial charge in [0.1, 0.15) is 6.10 Å². The number of hydrogen-bond acceptors (Lipinski definition) is 5. The molecular formula is C25H29ClF3N5O3. The van der Waals surface area contributed by atoms with E-state index >= 15 is 0 Å². The number of carbonyl (C=O) groups excluding carboxylic acids is 1. The average molecular weight is 540 g/mol. The van der Waals surface area contributed by atoms with Crippen LogP contribution in [0.25, 0.3) is 28.1 Å². The second-order valence-electron chi connectivity index (χ2n) is 9.21. The van der Waals surface area contributed by atoms with Crippen LogP contribution in [0.15, 0.2) is 18.7 Å². The van der Waals surface area contributed by atoms with Crippen molar-refractivity contribution in [1.82, 2.24) is 24.5 Å². The molecular weight excluding hydrogens is 511 g/mol. The van der Waals surface area contributed by atoms with Crippen LogP contribution in [0.1, 0.15) is 43.8 Å². The van der Waals surface area contributed by atoms with Crippen LogP contribution in [0, 0.1) is 6.92 Å². The number of amides is 1. The molecule has 0 N–H and O–H groups in total. The Labute approximate surface area is 217 Å². The zero-order valence-electron chi connectivity index (χ0n) is 21.1. The minimum atomic E-state index is -4.95. The molecule has 4 rings (SSSR count). The molecule has 0 spiro atoms. The van der Waals surface area contributed by atoms with E-state index < -0.39 is 18.2 Å². The third kappa shape index (κ3) is 5.33. The fourth-order valence-electron chi connectivity index (χ4n) is 4.68. The van der Waals surface area contributed by atoms with E-state index in [1.54, 1.807) is 37.7 Å². The molecule has 3 aromatic rings. The number of aryl methyl sites for hydroxylation is 2. The molecule has 1 aliphatic heterocycles. The van der Waals surface area contributed by atoms with E-state index in [0.717, 1.165) is 37.2 Å². The van der Waals surface area contributed by atoms with Crippen molar-refractivity contribution in [2.45, 2.75) is 51.6 Å². The Hall–Kier alpha value is -3.05. The fraction of sp³-hybridized carbons (Fsp3) is 0.480. The summed E-state index contributed by atoms with van der Waals surface area (Å²) in [6.07, 6.45) is -1.40. The maximum atomic E-state index is 12.8. The van der Waals surface area contributed by atoms with Gasteiger partial charge in [-0.05, 0) is 56.9 Å². The maximum absolute atomic E-state index is 12.8. The van der Waals surface area contributed by atoms with E-state index in [-0.39, 0.29) is 12.8 Å². The quantitative estimate of drug-likeness (QED) is 0.395. The number of nitrogens with zero attached hydrogens (tertiary/aromatic N) is 5. The largest absolute Gasteiger partial charge is 0.472 e. The summed E-state index contributed by atoms with van der Waals surface area (Å²) in [4.78, 5) is 12.1. The van der Waals surface area contributed by atoms with Gasteiger partial charge in [0.2, 0.25) is 5.88 Å². The van der Waals surface area contributed by atoms with Gasteiger partial charge in [-0.2, -0.15) is 23.4 Å². The summed E-state index contributed by atoms with van der Waals surface area (Å²) >= 11 is 6.80. The Kier molecular flexibility index (Phi) is 7.57. The second-order valence-corrected chi connectivity index (χ2v) is 9.62. The van der Waals surface area contributed by atoms with Gasteiger partial charge in [0.05, 0.1) is 34.0 Å². The first kappa shape index (κ1) is 27.0. The van der Waals surface area contributed by atoms with Gasteiger partial charge in [-0.3, -0.25) is 4.79 Å². The fourth-order valence-corrected chi connectivity index (χ4v) is 4.99. The van der Waals surface area contributed by atoms with Gasteiger partial charge in [-0.15, -0.1) is 0 Å². The molecule has 1 saturated heterocycles. The maximum Gasteiger partial charge on any atom is 0.471 e. The van der Waals surface area contributed by atoms with Gasteiger partial charge in [0.25, 0.3) is 0 Å². The van der Waals surface area contributed by atoms with E-state index in [1.165, 1.54) is 4.68 Å². The third-order valence-electron chi connectivity index (χ3n) is 6.30. The summed E-state index contributed by atoms with van der Waals surface area (Å²) in [7, 11) is 2.76. The molecule has 1 aliphatic rings. The number of carbonyl (C=O) groups is 1. The molecule has 2 atom stereocenters. The van der Waals surface area contributed by atoms with Crippen LogP contribution in [0.2, 0.25) is 5.02 Å². The van der Waals surface area contributed by atoms with Gasteiger partial charge >= 0.3 is 12.1 Å². The summed E-state index contributed by atoms with van der Waals surface area (Å²) in [5.74, 6) is -1.59. The standard InChI is InChI=1S/C25H29ClF3N5O3/c1-6-19-17-11-16(12-18(26)22(17)34(31-19)20-9-7-8-10-36-20)21-15(3)30-33(5)23(21)37-14(2)13-32(4)24(35)25(27,28)29/h6,11-12,14,20H,1,7-10,13H2,2-5H3/t14-,20?/m0/s1. The Morgan fingerprint density at radius 1 is 1.38 bits per heavy atom. The van der Waals surface area contributed by atoms with E-state index in [1.807, 2.05) is 6.07 Å². The normalized spacial score (nSPS) is 17.1. The zero-order valence-corrected chi connectivity index (χ0v) is 21.9. The minimum Gasteiger partial charge on any atom is -0.472 e. The van der Waals surface area contributed by atoms with Gasteiger partial charge in [0, 0.05) is 26.1 Å². The summed E-state index contributed by atoms with van der Waals surface area (Å²) in [5, 5.41) is 10.4. The lowest BCUT2D eigenvalue weighted by Gasteiger charge is -2.24. The monoisotopic (exact) mass is 539 g/mol. The van der Waals surface area contributed by atoms with Crippen molar-refractivity contribution in [3.05, 3.63) is 35.1 Å². The SMILES string of the molecule is C=Cc1nn(C2CCCCO2)c2c(Cl)cc(-c3c(C)nn(C)c3O[C@@H](C)CN(C)C(=O)C(F)(F)F)cc12. The molecule has 1 amide bonds. The van der Waals surface area contributed by atoms with Crippen molar-refractivity contribution >= 4 is 34.5 Å². The number of ether oxygens (including phenoxy) is 2. The Balaban J connectivity index is 1.71. The molecule has 1 fully saturated rings. The molecule has 1 aromatic carbocycles. The molecule has 0 saturated carbocycles. The number of benzene rings is 1. The van der Waals surface area contributed by atoms with Crippen LogP contribution in [0.3, 0.4) is 0 Å². The number of alkyl halides is 3. The van der Waals surface area contributed by atoms with Gasteiger partial charge in [-0.25, -0.2) is 9.36 Å². The van der Waals surface area contributed by atoms with Crippen LogP contribution in [0.5, 0.6) is 5.88 Å². The van der Waals surface area contributed by atoms with Gasteiger partial charge < -0.3 is 14.4 Å². The number of halogens is 4. The van der Waals surface area contributed by atoms with Crippen LogP contribution in [-0.4, -0.2) is 62.8 Å². The van der Waals surface area contributed by atoms with Crippen molar-refractivity contribution < 1.29 is 27.4 Å². The van der Waals surface area contributed by atoms with Crippen LogP contribution < -0.4 is 4.74 Å². The van der Waals surface area contributed by atoms with Crippen molar-refractivity contribution in [2.75, 3.05) is 20.2 Å². The molecule has 12 heteroatoms. The van der Waals surface area contributed by atoms with E-state index in [0.29, 0.717) is 44.9 Å². The number of likely N-dealkylation sites (N-methyl/N-ethyl adjacent to an activating group) is 1. The molecule has 1 unspecified atom stereocenters. The lowest BCUT2D eigenvalue weighted by Crippen LogP contribution is -2.43. The molecule has 0 bridgehead atoms. The Morgan fingerprint density at radius 3 is 2.73 bits per heavy atom. The first-order valence-corrected chi connectivity index (χ1v) is 12.3. The van der Waals surface area contributed by atoms with Gasteiger partial charge in [0.15, 0.2) is 6.23 Å². The summed E-state index contributed by atoms with van der Waals surface area (Å²) in [6.45, 7) is 7.68. The summed E-state index contributed by atoms with van der Waals surface area (Å²) < 4.78 is 53.7. The van der Waals surface area contributed by atoms with Crippen LogP contribution in [-0.2, 0) is 16.6 Å². The lowest BCUT2D eigenvalue weighted by atomic mass is 10.0. The molecule has 37 heavy (non-hydrogen) atoms. The summed E-state index contributed by atoms with van der Waals surface area (Å²) in [5.41, 5.74) is 3.37. The third-order valence-corrected chi connectivity index (χ3v) is 6.59. The van der Waals surface area contributed by atoms with Crippen LogP contribution in [0.4, 0.5) is 13.2 Å². The smallest absolute Gasteiger partial charge is 0.471 e. The highest BCUT2D eigenvalue weighted by atomic mass is 35.5.